The predicted octanol–water partition coefficient (Wildman–Crippen LogP) is 4.83. The van der Waals surface area contributed by atoms with Crippen molar-refractivity contribution < 1.29 is 13.9 Å². The van der Waals surface area contributed by atoms with Crippen molar-refractivity contribution in [2.75, 3.05) is 12.4 Å². The number of carbonyl (C=O) groups is 1. The highest BCUT2D eigenvalue weighted by Gasteiger charge is 2.03. The molecule has 3 rings (SSSR count). The number of benzene rings is 2. The van der Waals surface area contributed by atoms with Crippen LogP contribution in [-0.2, 0) is 9.53 Å². The third-order valence-corrected chi connectivity index (χ3v) is 4.31. The van der Waals surface area contributed by atoms with Gasteiger partial charge in [-0.05, 0) is 36.4 Å². The summed E-state index contributed by atoms with van der Waals surface area (Å²) in [7, 11) is 0. The molecule has 0 aliphatic carbocycles. The van der Waals surface area contributed by atoms with E-state index in [1.54, 1.807) is 11.8 Å². The number of halogens is 1. The van der Waals surface area contributed by atoms with Gasteiger partial charge < -0.3 is 9.15 Å². The largest absolute Gasteiger partial charge is 0.462 e. The summed E-state index contributed by atoms with van der Waals surface area (Å²) in [5.41, 5.74) is 1.44. The lowest BCUT2D eigenvalue weighted by Crippen LogP contribution is -2.03. The molecule has 0 saturated carbocycles. The number of hydrogen-bond acceptors (Lipinski definition) is 5. The van der Waals surface area contributed by atoms with Gasteiger partial charge in [-0.3, -0.25) is 0 Å². The zero-order valence-corrected chi connectivity index (χ0v) is 14.2. The Morgan fingerprint density at radius 1 is 1.21 bits per heavy atom. The number of carbonyl (C=O) groups excluding carboxylic acids is 1. The lowest BCUT2D eigenvalue weighted by atomic mass is 10.3. The second-order valence-electron chi connectivity index (χ2n) is 4.82. The van der Waals surface area contributed by atoms with E-state index in [0.29, 0.717) is 28.9 Å². The molecule has 0 saturated heterocycles. The minimum Gasteiger partial charge on any atom is -0.462 e. The Morgan fingerprint density at radius 2 is 2.00 bits per heavy atom. The molecule has 4 nitrogen and oxygen atoms in total. The van der Waals surface area contributed by atoms with Crippen LogP contribution >= 0.6 is 23.4 Å². The van der Waals surface area contributed by atoms with Gasteiger partial charge in [0.1, 0.15) is 12.1 Å². The molecule has 2 aromatic carbocycles. The van der Waals surface area contributed by atoms with Gasteiger partial charge in [-0.2, -0.15) is 0 Å². The van der Waals surface area contributed by atoms with Crippen LogP contribution in [0.4, 0.5) is 0 Å². The maximum atomic E-state index is 11.7. The second-order valence-corrected chi connectivity index (χ2v) is 6.43. The van der Waals surface area contributed by atoms with E-state index in [0.717, 1.165) is 10.4 Å². The molecule has 0 atom stereocenters. The molecule has 24 heavy (non-hydrogen) atoms. The van der Waals surface area contributed by atoms with Gasteiger partial charge in [0.25, 0.3) is 0 Å². The highest BCUT2D eigenvalue weighted by atomic mass is 35.5. The zero-order valence-electron chi connectivity index (χ0n) is 12.6. The van der Waals surface area contributed by atoms with Crippen LogP contribution in [0.5, 0.6) is 0 Å². The molecule has 6 heteroatoms. The smallest absolute Gasteiger partial charge is 0.330 e. The second kappa shape index (κ2) is 8.04. The van der Waals surface area contributed by atoms with Crippen LogP contribution in [0.2, 0.25) is 5.02 Å². The molecule has 0 N–H and O–H groups in total. The van der Waals surface area contributed by atoms with Crippen molar-refractivity contribution in [3.05, 3.63) is 65.5 Å². The van der Waals surface area contributed by atoms with Gasteiger partial charge in [-0.25, -0.2) is 9.78 Å². The van der Waals surface area contributed by atoms with E-state index in [1.807, 2.05) is 48.5 Å². The maximum absolute atomic E-state index is 11.7. The lowest BCUT2D eigenvalue weighted by Gasteiger charge is -2.02. The summed E-state index contributed by atoms with van der Waals surface area (Å²) >= 11 is 7.42. The van der Waals surface area contributed by atoms with Crippen LogP contribution in [0.1, 0.15) is 5.89 Å². The summed E-state index contributed by atoms with van der Waals surface area (Å²) < 4.78 is 10.6. The van der Waals surface area contributed by atoms with E-state index >= 15 is 0 Å². The molecule has 0 unspecified atom stereocenters. The van der Waals surface area contributed by atoms with Crippen molar-refractivity contribution >= 4 is 46.5 Å². The third kappa shape index (κ3) is 4.63. The first kappa shape index (κ1) is 16.6. The van der Waals surface area contributed by atoms with Gasteiger partial charge in [0.15, 0.2) is 5.58 Å². The number of nitrogens with zero attached hydrogens (tertiary/aromatic N) is 1. The van der Waals surface area contributed by atoms with Crippen molar-refractivity contribution in [3.63, 3.8) is 0 Å². The van der Waals surface area contributed by atoms with Gasteiger partial charge in [-0.1, -0.05) is 23.7 Å². The minimum absolute atomic E-state index is 0.323. The summed E-state index contributed by atoms with van der Waals surface area (Å²) in [5, 5.41) is 0.704. The van der Waals surface area contributed by atoms with Crippen molar-refractivity contribution in [3.8, 4) is 0 Å². The van der Waals surface area contributed by atoms with Crippen LogP contribution in [0, 0.1) is 0 Å². The summed E-state index contributed by atoms with van der Waals surface area (Å²) in [6, 6.07) is 15.0. The monoisotopic (exact) mass is 359 g/mol. The minimum atomic E-state index is -0.422. The zero-order chi connectivity index (χ0) is 16.8. The van der Waals surface area contributed by atoms with Crippen molar-refractivity contribution in [1.82, 2.24) is 4.98 Å². The Kier molecular flexibility index (Phi) is 5.56. The fourth-order valence-electron chi connectivity index (χ4n) is 1.98. The molecule has 0 bridgehead atoms. The van der Waals surface area contributed by atoms with E-state index in [4.69, 9.17) is 20.8 Å². The van der Waals surface area contributed by atoms with Crippen LogP contribution in [-0.4, -0.2) is 23.3 Å². The third-order valence-electron chi connectivity index (χ3n) is 3.08. The molecule has 0 fully saturated rings. The highest BCUT2D eigenvalue weighted by molar-refractivity contribution is 7.99. The van der Waals surface area contributed by atoms with Gasteiger partial charge in [0.2, 0.25) is 5.89 Å². The van der Waals surface area contributed by atoms with E-state index in [1.165, 1.54) is 12.2 Å². The van der Waals surface area contributed by atoms with E-state index in [2.05, 4.69) is 4.98 Å². The Bertz CT molecular complexity index is 825. The molecular formula is C18H14ClNO3S. The Labute approximate surface area is 148 Å². The molecule has 1 heterocycles. The van der Waals surface area contributed by atoms with Crippen LogP contribution < -0.4 is 0 Å². The van der Waals surface area contributed by atoms with E-state index in [9.17, 15) is 4.79 Å². The molecule has 0 spiro atoms. The summed E-state index contributed by atoms with van der Waals surface area (Å²) in [5.74, 6) is 0.627. The predicted molar refractivity (Wildman–Crippen MR) is 96.2 cm³/mol. The molecule has 0 aliphatic rings. The average Bonchev–Trinajstić information content (AvgIpc) is 3.01. The standard InChI is InChI=1S/C18H14ClNO3S/c19-13-5-7-14(8-6-13)24-12-11-22-18(21)10-9-17-20-15-3-1-2-4-16(15)23-17/h1-10H,11-12H2/b10-9+. The SMILES string of the molecule is O=C(/C=C/c1nc2ccccc2o1)OCCSc1ccc(Cl)cc1. The quantitative estimate of drug-likeness (QED) is 0.273. The van der Waals surface area contributed by atoms with Crippen LogP contribution in [0.15, 0.2) is 63.9 Å². The van der Waals surface area contributed by atoms with E-state index in [-0.39, 0.29) is 0 Å². The first-order valence-corrected chi connectivity index (χ1v) is 8.66. The first-order valence-electron chi connectivity index (χ1n) is 7.29. The molecule has 122 valence electrons. The molecule has 0 aliphatic heterocycles. The number of fused-ring (bicyclic) bond motifs is 1. The summed E-state index contributed by atoms with van der Waals surface area (Å²) in [6.45, 7) is 0.323. The lowest BCUT2D eigenvalue weighted by molar-refractivity contribution is -0.137. The van der Waals surface area contributed by atoms with Crippen molar-refractivity contribution in [2.45, 2.75) is 4.90 Å². The molecule has 3 aromatic rings. The number of ether oxygens (including phenoxy) is 1. The van der Waals surface area contributed by atoms with Gasteiger partial charge in [-0.15, -0.1) is 11.8 Å². The number of rotatable bonds is 6. The van der Waals surface area contributed by atoms with Crippen LogP contribution in [0.3, 0.4) is 0 Å². The van der Waals surface area contributed by atoms with E-state index < -0.39 is 5.97 Å². The topological polar surface area (TPSA) is 52.3 Å². The Morgan fingerprint density at radius 3 is 2.79 bits per heavy atom. The molecule has 0 amide bonds. The fraction of sp³-hybridized carbons (Fsp3) is 0.111. The first-order chi connectivity index (χ1) is 11.7. The summed E-state index contributed by atoms with van der Waals surface area (Å²) in [6.07, 6.45) is 2.83. The Hall–Kier alpha value is -2.24. The molecule has 1 aromatic heterocycles. The summed E-state index contributed by atoms with van der Waals surface area (Å²) in [4.78, 5) is 17.0. The number of para-hydroxylation sites is 2. The van der Waals surface area contributed by atoms with Gasteiger partial charge >= 0.3 is 5.97 Å². The number of thioether (sulfide) groups is 1. The number of oxazole rings is 1. The number of esters is 1. The van der Waals surface area contributed by atoms with Crippen LogP contribution in [0.25, 0.3) is 17.2 Å². The highest BCUT2D eigenvalue weighted by Crippen LogP contribution is 2.20. The number of hydrogen-bond donors (Lipinski definition) is 0. The number of aromatic nitrogens is 1. The molecule has 0 radical (unpaired) electrons. The van der Waals surface area contributed by atoms with Crippen molar-refractivity contribution in [2.24, 2.45) is 0 Å². The van der Waals surface area contributed by atoms with Crippen molar-refractivity contribution in [1.29, 1.82) is 0 Å². The normalized spacial score (nSPS) is 11.2. The fourth-order valence-corrected chi connectivity index (χ4v) is 2.84. The van der Waals surface area contributed by atoms with Gasteiger partial charge in [0, 0.05) is 27.8 Å². The molecular weight excluding hydrogens is 346 g/mol. The maximum Gasteiger partial charge on any atom is 0.330 e. The van der Waals surface area contributed by atoms with Gasteiger partial charge in [0.05, 0.1) is 0 Å². The average molecular weight is 360 g/mol. The Balaban J connectivity index is 1.44.